The number of imide groups is 1. The number of thioether (sulfide) groups is 1. The zero-order valence-corrected chi connectivity index (χ0v) is 18.8. The van der Waals surface area contributed by atoms with Crippen molar-refractivity contribution in [2.75, 3.05) is 13.1 Å². The van der Waals surface area contributed by atoms with Gasteiger partial charge in [0, 0.05) is 18.1 Å². The van der Waals surface area contributed by atoms with E-state index in [2.05, 4.69) is 10.1 Å². The highest BCUT2D eigenvalue weighted by Crippen LogP contribution is 2.48. The van der Waals surface area contributed by atoms with E-state index in [0.29, 0.717) is 23.4 Å². The number of carbonyl (C=O) groups is 3. The second-order valence-electron chi connectivity index (χ2n) is 7.63. The van der Waals surface area contributed by atoms with Crippen LogP contribution in [0.3, 0.4) is 0 Å². The molecule has 4 rings (SSSR count). The standard InChI is InChI=1S/C23H19ClF2N2O4S/c24-16-3-1-2-15(13-16)23(8-9-23)20(30)27-10-11-28-19(29)18(33-22(28)31)12-14-4-6-17(7-5-14)32-21(25)26/h1-7,12-13,21H,8-11H2,(H,27,30)/b18-12-. The number of halogens is 3. The predicted molar refractivity (Wildman–Crippen MR) is 121 cm³/mol. The zero-order valence-electron chi connectivity index (χ0n) is 17.2. The fraction of sp³-hybridized carbons (Fsp3) is 0.261. The number of amides is 3. The van der Waals surface area contributed by atoms with E-state index in [0.717, 1.165) is 22.2 Å². The quantitative estimate of drug-likeness (QED) is 0.534. The monoisotopic (exact) mass is 492 g/mol. The van der Waals surface area contributed by atoms with E-state index in [9.17, 15) is 23.2 Å². The van der Waals surface area contributed by atoms with Crippen LogP contribution in [0.1, 0.15) is 24.0 Å². The highest BCUT2D eigenvalue weighted by molar-refractivity contribution is 8.18. The number of ether oxygens (including phenoxy) is 1. The van der Waals surface area contributed by atoms with Crippen LogP contribution in [0.25, 0.3) is 6.08 Å². The van der Waals surface area contributed by atoms with Crippen molar-refractivity contribution >= 4 is 46.5 Å². The SMILES string of the molecule is O=C1S/C(=C\c2ccc(OC(F)F)cc2)C(=O)N1CCNC(=O)C1(c2cccc(Cl)c2)CC1. The van der Waals surface area contributed by atoms with Crippen LogP contribution in [-0.2, 0) is 15.0 Å². The van der Waals surface area contributed by atoms with Crippen LogP contribution in [0, 0.1) is 0 Å². The van der Waals surface area contributed by atoms with Crippen LogP contribution < -0.4 is 10.1 Å². The van der Waals surface area contributed by atoms with Gasteiger partial charge in [0.15, 0.2) is 0 Å². The van der Waals surface area contributed by atoms with Crippen molar-refractivity contribution in [2.24, 2.45) is 0 Å². The molecule has 0 bridgehead atoms. The Morgan fingerprint density at radius 1 is 1.21 bits per heavy atom. The van der Waals surface area contributed by atoms with E-state index in [1.807, 2.05) is 6.07 Å². The van der Waals surface area contributed by atoms with Crippen molar-refractivity contribution in [1.82, 2.24) is 10.2 Å². The molecule has 1 aliphatic heterocycles. The molecule has 2 aliphatic rings. The molecule has 1 aliphatic carbocycles. The molecule has 1 heterocycles. The third kappa shape index (κ3) is 5.20. The van der Waals surface area contributed by atoms with Gasteiger partial charge in [0.1, 0.15) is 5.75 Å². The predicted octanol–water partition coefficient (Wildman–Crippen LogP) is 4.83. The molecule has 0 atom stereocenters. The molecule has 10 heteroatoms. The van der Waals surface area contributed by atoms with Crippen LogP contribution in [0.2, 0.25) is 5.02 Å². The summed E-state index contributed by atoms with van der Waals surface area (Å²) >= 11 is 6.83. The summed E-state index contributed by atoms with van der Waals surface area (Å²) in [7, 11) is 0. The van der Waals surface area contributed by atoms with E-state index in [4.69, 9.17) is 11.6 Å². The molecule has 33 heavy (non-hydrogen) atoms. The smallest absolute Gasteiger partial charge is 0.387 e. The highest BCUT2D eigenvalue weighted by Gasteiger charge is 2.51. The van der Waals surface area contributed by atoms with Gasteiger partial charge in [-0.2, -0.15) is 8.78 Å². The minimum absolute atomic E-state index is 0.00259. The highest BCUT2D eigenvalue weighted by atomic mass is 35.5. The maximum atomic E-state index is 12.8. The second kappa shape index (κ2) is 9.52. The van der Waals surface area contributed by atoms with E-state index in [1.165, 1.54) is 30.3 Å². The first-order chi connectivity index (χ1) is 15.8. The number of alkyl halides is 2. The number of hydrogen-bond donors (Lipinski definition) is 1. The average molecular weight is 493 g/mol. The molecule has 0 spiro atoms. The first kappa shape index (κ1) is 23.3. The number of nitrogens with zero attached hydrogens (tertiary/aromatic N) is 1. The average Bonchev–Trinajstić information content (AvgIpc) is 3.54. The second-order valence-corrected chi connectivity index (χ2v) is 9.06. The van der Waals surface area contributed by atoms with E-state index >= 15 is 0 Å². The number of benzene rings is 2. The van der Waals surface area contributed by atoms with Gasteiger partial charge in [-0.1, -0.05) is 35.9 Å². The Morgan fingerprint density at radius 2 is 1.94 bits per heavy atom. The molecule has 2 fully saturated rings. The summed E-state index contributed by atoms with van der Waals surface area (Å²) in [4.78, 5) is 39.0. The first-order valence-corrected chi connectivity index (χ1v) is 11.3. The van der Waals surface area contributed by atoms with Gasteiger partial charge in [0.05, 0.1) is 10.3 Å². The lowest BCUT2D eigenvalue weighted by Gasteiger charge is -2.18. The number of nitrogens with one attached hydrogen (secondary N) is 1. The lowest BCUT2D eigenvalue weighted by molar-refractivity contribution is -0.125. The topological polar surface area (TPSA) is 75.7 Å². The molecular formula is C23H19ClF2N2O4S. The van der Waals surface area contributed by atoms with Gasteiger partial charge < -0.3 is 10.1 Å². The molecule has 1 N–H and O–H groups in total. The van der Waals surface area contributed by atoms with Crippen LogP contribution in [0.4, 0.5) is 13.6 Å². The minimum atomic E-state index is -2.92. The van der Waals surface area contributed by atoms with Gasteiger partial charge in [-0.25, -0.2) is 0 Å². The normalized spacial score (nSPS) is 18.2. The van der Waals surface area contributed by atoms with E-state index in [-0.39, 0.29) is 29.7 Å². The molecule has 0 radical (unpaired) electrons. The summed E-state index contributed by atoms with van der Waals surface area (Å²) in [5.74, 6) is -0.626. The number of hydrogen-bond acceptors (Lipinski definition) is 5. The summed E-state index contributed by atoms with van der Waals surface area (Å²) in [6.07, 6.45) is 2.93. The van der Waals surface area contributed by atoms with Crippen molar-refractivity contribution in [2.45, 2.75) is 24.9 Å². The fourth-order valence-corrected chi connectivity index (χ4v) is 4.65. The van der Waals surface area contributed by atoms with Gasteiger partial charge in [-0.3, -0.25) is 19.3 Å². The summed E-state index contributed by atoms with van der Waals surface area (Å²) in [5.41, 5.74) is 0.809. The van der Waals surface area contributed by atoms with Crippen LogP contribution in [-0.4, -0.2) is 41.7 Å². The Labute approximate surface area is 197 Å². The molecule has 0 aromatic heterocycles. The molecule has 0 unspecified atom stereocenters. The van der Waals surface area contributed by atoms with Gasteiger partial charge >= 0.3 is 6.61 Å². The van der Waals surface area contributed by atoms with Crippen LogP contribution in [0.15, 0.2) is 53.4 Å². The largest absolute Gasteiger partial charge is 0.435 e. The van der Waals surface area contributed by atoms with E-state index in [1.54, 1.807) is 18.2 Å². The van der Waals surface area contributed by atoms with Crippen molar-refractivity contribution in [3.63, 3.8) is 0 Å². The van der Waals surface area contributed by atoms with Gasteiger partial charge in [-0.15, -0.1) is 0 Å². The molecule has 2 aromatic rings. The Hall–Kier alpha value is -2.91. The Balaban J connectivity index is 1.34. The van der Waals surface area contributed by atoms with Crippen LogP contribution in [0.5, 0.6) is 5.75 Å². The Bertz CT molecular complexity index is 1120. The molecule has 2 aromatic carbocycles. The zero-order chi connectivity index (χ0) is 23.6. The molecular weight excluding hydrogens is 474 g/mol. The molecule has 1 saturated heterocycles. The summed E-state index contributed by atoms with van der Waals surface area (Å²) in [6.45, 7) is -2.75. The molecule has 172 valence electrons. The van der Waals surface area contributed by atoms with Crippen molar-refractivity contribution < 1.29 is 27.9 Å². The minimum Gasteiger partial charge on any atom is -0.435 e. The summed E-state index contributed by atoms with van der Waals surface area (Å²) < 4.78 is 28.8. The number of carbonyl (C=O) groups excluding carboxylic acids is 3. The lowest BCUT2D eigenvalue weighted by Crippen LogP contribution is -2.41. The first-order valence-electron chi connectivity index (χ1n) is 10.1. The van der Waals surface area contributed by atoms with Gasteiger partial charge in [0.25, 0.3) is 11.1 Å². The summed E-state index contributed by atoms with van der Waals surface area (Å²) in [5, 5.41) is 2.95. The van der Waals surface area contributed by atoms with Gasteiger partial charge in [0.2, 0.25) is 5.91 Å². The molecule has 6 nitrogen and oxygen atoms in total. The lowest BCUT2D eigenvalue weighted by atomic mass is 9.95. The number of rotatable bonds is 8. The van der Waals surface area contributed by atoms with E-state index < -0.39 is 23.2 Å². The third-order valence-electron chi connectivity index (χ3n) is 5.46. The third-order valence-corrected chi connectivity index (χ3v) is 6.60. The summed E-state index contributed by atoms with van der Waals surface area (Å²) in [6, 6.07) is 12.9. The van der Waals surface area contributed by atoms with Crippen molar-refractivity contribution in [3.8, 4) is 5.75 Å². The Morgan fingerprint density at radius 3 is 2.58 bits per heavy atom. The van der Waals surface area contributed by atoms with Gasteiger partial charge in [-0.05, 0) is 66.1 Å². The maximum Gasteiger partial charge on any atom is 0.387 e. The fourth-order valence-electron chi connectivity index (χ4n) is 3.60. The maximum absolute atomic E-state index is 12.8. The molecule has 1 saturated carbocycles. The van der Waals surface area contributed by atoms with Crippen LogP contribution >= 0.6 is 23.4 Å². The molecule has 3 amide bonds. The Kier molecular flexibility index (Phi) is 6.71. The van der Waals surface area contributed by atoms with Crippen molar-refractivity contribution in [1.29, 1.82) is 0 Å². The van der Waals surface area contributed by atoms with Crippen molar-refractivity contribution in [3.05, 3.63) is 69.6 Å².